The predicted octanol–water partition coefficient (Wildman–Crippen LogP) is 4.47. The van der Waals surface area contributed by atoms with E-state index in [1.165, 1.54) is 12.1 Å². The van der Waals surface area contributed by atoms with Crippen molar-refractivity contribution in [2.75, 3.05) is 11.4 Å². The van der Waals surface area contributed by atoms with Crippen molar-refractivity contribution in [2.45, 2.75) is 18.9 Å². The minimum Gasteiger partial charge on any atom is -0.341 e. The number of nitrogens with one attached hydrogen (secondary N) is 1. The van der Waals surface area contributed by atoms with E-state index >= 15 is 0 Å². The molecule has 1 heterocycles. The maximum Gasteiger partial charge on any atom is 0.252 e. The summed E-state index contributed by atoms with van der Waals surface area (Å²) >= 11 is 0. The van der Waals surface area contributed by atoms with E-state index in [0.717, 1.165) is 23.2 Å². The molecule has 4 rings (SSSR count). The van der Waals surface area contributed by atoms with E-state index in [2.05, 4.69) is 5.32 Å². The quantitative estimate of drug-likeness (QED) is 0.701. The van der Waals surface area contributed by atoms with Crippen molar-refractivity contribution in [3.8, 4) is 0 Å². The van der Waals surface area contributed by atoms with Gasteiger partial charge in [-0.2, -0.15) is 0 Å². The number of amides is 2. The Kier molecular flexibility index (Phi) is 5.38. The Labute approximate surface area is 169 Å². The summed E-state index contributed by atoms with van der Waals surface area (Å²) in [4.78, 5) is 26.8. The highest BCUT2D eigenvalue weighted by molar-refractivity contribution is 5.99. The van der Waals surface area contributed by atoms with Crippen LogP contribution in [0.5, 0.6) is 0 Å². The van der Waals surface area contributed by atoms with Gasteiger partial charge in [-0.05, 0) is 47.9 Å². The van der Waals surface area contributed by atoms with Crippen molar-refractivity contribution in [3.05, 3.63) is 101 Å². The van der Waals surface area contributed by atoms with E-state index < -0.39 is 6.04 Å². The van der Waals surface area contributed by atoms with Crippen molar-refractivity contribution >= 4 is 17.5 Å². The molecule has 1 fully saturated rings. The second-order valence-electron chi connectivity index (χ2n) is 7.07. The molecule has 5 heteroatoms. The van der Waals surface area contributed by atoms with Gasteiger partial charge in [0.25, 0.3) is 5.91 Å². The molecule has 1 aliphatic heterocycles. The van der Waals surface area contributed by atoms with Crippen LogP contribution in [-0.2, 0) is 4.79 Å². The molecule has 1 atom stereocenters. The molecule has 4 nitrogen and oxygen atoms in total. The SMILES string of the molecule is O=C(NC(c1ccccc1)c1ccc(F)cc1)c1cccc(N2CCCC2=O)c1. The molecule has 0 aliphatic carbocycles. The smallest absolute Gasteiger partial charge is 0.252 e. The third-order valence-electron chi connectivity index (χ3n) is 5.11. The Morgan fingerprint density at radius 3 is 2.34 bits per heavy atom. The maximum atomic E-state index is 13.4. The molecule has 1 unspecified atom stereocenters. The van der Waals surface area contributed by atoms with E-state index in [1.54, 1.807) is 35.2 Å². The highest BCUT2D eigenvalue weighted by Gasteiger charge is 2.23. The maximum absolute atomic E-state index is 13.4. The Morgan fingerprint density at radius 1 is 0.931 bits per heavy atom. The monoisotopic (exact) mass is 388 g/mol. The Balaban J connectivity index is 1.61. The number of anilines is 1. The number of carbonyl (C=O) groups excluding carboxylic acids is 2. The fraction of sp³-hybridized carbons (Fsp3) is 0.167. The number of nitrogens with zero attached hydrogens (tertiary/aromatic N) is 1. The van der Waals surface area contributed by atoms with Gasteiger partial charge in [0.2, 0.25) is 5.91 Å². The molecule has 1 N–H and O–H groups in total. The second-order valence-corrected chi connectivity index (χ2v) is 7.07. The number of benzene rings is 3. The lowest BCUT2D eigenvalue weighted by molar-refractivity contribution is -0.117. The molecule has 1 aliphatic rings. The molecule has 3 aromatic rings. The summed E-state index contributed by atoms with van der Waals surface area (Å²) in [5.74, 6) is -0.498. The molecule has 0 spiro atoms. The zero-order chi connectivity index (χ0) is 20.2. The van der Waals surface area contributed by atoms with Gasteiger partial charge in [0, 0.05) is 24.2 Å². The summed E-state index contributed by atoms with van der Waals surface area (Å²) in [5, 5.41) is 3.05. The summed E-state index contributed by atoms with van der Waals surface area (Å²) in [6, 6.07) is 22.4. The normalized spacial score (nSPS) is 14.7. The van der Waals surface area contributed by atoms with Crippen molar-refractivity contribution < 1.29 is 14.0 Å². The molecule has 0 bridgehead atoms. The van der Waals surface area contributed by atoms with Crippen LogP contribution in [0.25, 0.3) is 0 Å². The molecule has 29 heavy (non-hydrogen) atoms. The van der Waals surface area contributed by atoms with Crippen LogP contribution in [0.3, 0.4) is 0 Å². The van der Waals surface area contributed by atoms with Gasteiger partial charge in [0.1, 0.15) is 5.82 Å². The standard InChI is InChI=1S/C24H21FN2O2/c25-20-13-11-18(12-14-20)23(17-6-2-1-3-7-17)26-24(29)19-8-4-9-21(16-19)27-15-5-10-22(27)28/h1-4,6-9,11-14,16,23H,5,10,15H2,(H,26,29). The lowest BCUT2D eigenvalue weighted by Gasteiger charge is -2.21. The Morgan fingerprint density at radius 2 is 1.66 bits per heavy atom. The van der Waals surface area contributed by atoms with Crippen molar-refractivity contribution in [3.63, 3.8) is 0 Å². The van der Waals surface area contributed by atoms with E-state index in [-0.39, 0.29) is 17.6 Å². The summed E-state index contributed by atoms with van der Waals surface area (Å²) in [5.41, 5.74) is 2.90. The first-order valence-electron chi connectivity index (χ1n) is 9.63. The van der Waals surface area contributed by atoms with Crippen LogP contribution < -0.4 is 10.2 Å². The molecule has 146 valence electrons. The van der Waals surface area contributed by atoms with Gasteiger partial charge >= 0.3 is 0 Å². The summed E-state index contributed by atoms with van der Waals surface area (Å²) in [6.45, 7) is 0.673. The van der Waals surface area contributed by atoms with Gasteiger partial charge in [-0.25, -0.2) is 4.39 Å². The molecule has 0 aromatic heterocycles. The Bertz CT molecular complexity index is 1020. The molecular formula is C24H21FN2O2. The van der Waals surface area contributed by atoms with Crippen LogP contribution in [0.1, 0.15) is 40.4 Å². The zero-order valence-electron chi connectivity index (χ0n) is 15.8. The average Bonchev–Trinajstić information content (AvgIpc) is 3.19. The topological polar surface area (TPSA) is 49.4 Å². The fourth-order valence-corrected chi connectivity index (χ4v) is 3.61. The van der Waals surface area contributed by atoms with E-state index in [9.17, 15) is 14.0 Å². The van der Waals surface area contributed by atoms with E-state index in [1.807, 2.05) is 36.4 Å². The van der Waals surface area contributed by atoms with Gasteiger partial charge < -0.3 is 10.2 Å². The predicted molar refractivity (Wildman–Crippen MR) is 110 cm³/mol. The van der Waals surface area contributed by atoms with Crippen LogP contribution in [-0.4, -0.2) is 18.4 Å². The number of hydrogen-bond donors (Lipinski definition) is 1. The summed E-state index contributed by atoms with van der Waals surface area (Å²) in [7, 11) is 0. The lowest BCUT2D eigenvalue weighted by atomic mass is 9.98. The molecule has 0 radical (unpaired) electrons. The summed E-state index contributed by atoms with van der Waals surface area (Å²) < 4.78 is 13.4. The molecule has 3 aromatic carbocycles. The van der Waals surface area contributed by atoms with Gasteiger partial charge in [-0.3, -0.25) is 9.59 Å². The van der Waals surface area contributed by atoms with Gasteiger partial charge in [0.15, 0.2) is 0 Å². The molecule has 1 saturated heterocycles. The van der Waals surface area contributed by atoms with Crippen LogP contribution >= 0.6 is 0 Å². The van der Waals surface area contributed by atoms with Crippen molar-refractivity contribution in [2.24, 2.45) is 0 Å². The minimum atomic E-state index is -0.415. The lowest BCUT2D eigenvalue weighted by Crippen LogP contribution is -2.30. The number of rotatable bonds is 5. The third-order valence-corrected chi connectivity index (χ3v) is 5.11. The zero-order valence-corrected chi connectivity index (χ0v) is 15.8. The first-order valence-corrected chi connectivity index (χ1v) is 9.63. The van der Waals surface area contributed by atoms with Crippen LogP contribution in [0.15, 0.2) is 78.9 Å². The van der Waals surface area contributed by atoms with Gasteiger partial charge in [-0.1, -0.05) is 48.5 Å². The van der Waals surface area contributed by atoms with Crippen LogP contribution in [0, 0.1) is 5.82 Å². The van der Waals surface area contributed by atoms with E-state index in [0.29, 0.717) is 18.5 Å². The first-order chi connectivity index (χ1) is 14.1. The van der Waals surface area contributed by atoms with Gasteiger partial charge in [0.05, 0.1) is 6.04 Å². The van der Waals surface area contributed by atoms with Crippen molar-refractivity contribution in [1.82, 2.24) is 5.32 Å². The molecule has 0 saturated carbocycles. The van der Waals surface area contributed by atoms with Crippen LogP contribution in [0.4, 0.5) is 10.1 Å². The third kappa shape index (κ3) is 4.19. The summed E-state index contributed by atoms with van der Waals surface area (Å²) in [6.07, 6.45) is 1.37. The average molecular weight is 388 g/mol. The van der Waals surface area contributed by atoms with Gasteiger partial charge in [-0.15, -0.1) is 0 Å². The number of hydrogen-bond acceptors (Lipinski definition) is 2. The minimum absolute atomic E-state index is 0.0797. The highest BCUT2D eigenvalue weighted by atomic mass is 19.1. The number of halogens is 1. The largest absolute Gasteiger partial charge is 0.341 e. The van der Waals surface area contributed by atoms with Crippen LogP contribution in [0.2, 0.25) is 0 Å². The molecular weight excluding hydrogens is 367 g/mol. The Hall–Kier alpha value is -3.47. The fourth-order valence-electron chi connectivity index (χ4n) is 3.61. The number of carbonyl (C=O) groups is 2. The molecule has 2 amide bonds. The second kappa shape index (κ2) is 8.27. The first kappa shape index (κ1) is 18.9. The highest BCUT2D eigenvalue weighted by Crippen LogP contribution is 2.25. The van der Waals surface area contributed by atoms with E-state index in [4.69, 9.17) is 0 Å². The van der Waals surface area contributed by atoms with Crippen molar-refractivity contribution in [1.29, 1.82) is 0 Å².